The molecule has 5 nitrogen and oxygen atoms in total. The van der Waals surface area contributed by atoms with E-state index in [0.29, 0.717) is 12.4 Å². The van der Waals surface area contributed by atoms with Crippen molar-refractivity contribution in [2.45, 2.75) is 13.5 Å². The van der Waals surface area contributed by atoms with Crippen LogP contribution in [0.25, 0.3) is 22.4 Å². The molecule has 1 aromatic heterocycles. The zero-order chi connectivity index (χ0) is 19.0. The number of aromatic carboxylic acids is 1. The molecule has 2 N–H and O–H groups in total. The van der Waals surface area contributed by atoms with Crippen LogP contribution in [0.5, 0.6) is 5.75 Å². The molecule has 0 radical (unpaired) electrons. The zero-order valence-electron chi connectivity index (χ0n) is 14.8. The third kappa shape index (κ3) is 3.15. The average Bonchev–Trinajstić information content (AvgIpc) is 3.03. The molecule has 4 rings (SSSR count). The molecule has 0 unspecified atom stereocenters. The van der Waals surface area contributed by atoms with Gasteiger partial charge >= 0.3 is 5.97 Å². The number of rotatable bonds is 4. The Morgan fingerprint density at radius 2 is 1.85 bits per heavy atom. The van der Waals surface area contributed by atoms with Crippen molar-refractivity contribution in [1.82, 2.24) is 9.55 Å². The Labute approximate surface area is 156 Å². The molecular weight excluding hydrogens is 340 g/mol. The van der Waals surface area contributed by atoms with E-state index in [0.717, 1.165) is 27.7 Å². The number of aryl methyl sites for hydroxylation is 1. The number of aromatic nitrogens is 2. The fourth-order valence-corrected chi connectivity index (χ4v) is 3.28. The van der Waals surface area contributed by atoms with Crippen molar-refractivity contribution < 1.29 is 15.0 Å². The largest absolute Gasteiger partial charge is 0.508 e. The van der Waals surface area contributed by atoms with Crippen LogP contribution < -0.4 is 0 Å². The summed E-state index contributed by atoms with van der Waals surface area (Å²) < 4.78 is 2.08. The number of carboxylic acids is 1. The van der Waals surface area contributed by atoms with Crippen LogP contribution in [-0.2, 0) is 6.54 Å². The van der Waals surface area contributed by atoms with Gasteiger partial charge in [-0.2, -0.15) is 0 Å². The highest BCUT2D eigenvalue weighted by atomic mass is 16.4. The van der Waals surface area contributed by atoms with Crippen LogP contribution in [0.2, 0.25) is 0 Å². The second-order valence-corrected chi connectivity index (χ2v) is 6.51. The highest BCUT2D eigenvalue weighted by Gasteiger charge is 2.15. The topological polar surface area (TPSA) is 75.4 Å². The summed E-state index contributed by atoms with van der Waals surface area (Å²) in [5, 5.41) is 19.0. The SMILES string of the molecule is Cc1cc(O)ccc1Cn1c(-c2cccc(C(=O)O)c2)nc2ccccc21. The molecular formula is C22H18N2O3. The molecule has 1 heterocycles. The van der Waals surface area contributed by atoms with Crippen LogP contribution in [0.4, 0.5) is 0 Å². The summed E-state index contributed by atoms with van der Waals surface area (Å²) in [7, 11) is 0. The number of benzene rings is 3. The van der Waals surface area contributed by atoms with Crippen LogP contribution in [0.1, 0.15) is 21.5 Å². The summed E-state index contributed by atoms with van der Waals surface area (Å²) >= 11 is 0. The molecule has 0 bridgehead atoms. The van der Waals surface area contributed by atoms with E-state index >= 15 is 0 Å². The molecule has 0 saturated heterocycles. The summed E-state index contributed by atoms with van der Waals surface area (Å²) in [5.74, 6) is -0.0122. The molecule has 27 heavy (non-hydrogen) atoms. The van der Waals surface area contributed by atoms with Crippen LogP contribution in [0, 0.1) is 6.92 Å². The van der Waals surface area contributed by atoms with Crippen molar-refractivity contribution in [3.05, 3.63) is 83.4 Å². The predicted octanol–water partition coefficient (Wildman–Crippen LogP) is 4.46. The third-order valence-corrected chi connectivity index (χ3v) is 4.68. The Bertz CT molecular complexity index is 1160. The van der Waals surface area contributed by atoms with Gasteiger partial charge in [0.25, 0.3) is 0 Å². The Balaban J connectivity index is 1.89. The van der Waals surface area contributed by atoms with Crippen LogP contribution in [0.3, 0.4) is 0 Å². The molecule has 0 saturated carbocycles. The third-order valence-electron chi connectivity index (χ3n) is 4.68. The van der Waals surface area contributed by atoms with Gasteiger partial charge in [-0.3, -0.25) is 0 Å². The fourth-order valence-electron chi connectivity index (χ4n) is 3.28. The highest BCUT2D eigenvalue weighted by molar-refractivity contribution is 5.89. The minimum atomic E-state index is -0.964. The van der Waals surface area contributed by atoms with Gasteiger partial charge in [0.2, 0.25) is 0 Å². The number of fused-ring (bicyclic) bond motifs is 1. The number of aromatic hydroxyl groups is 1. The Morgan fingerprint density at radius 3 is 2.63 bits per heavy atom. The quantitative estimate of drug-likeness (QED) is 0.565. The molecule has 0 aliphatic rings. The predicted molar refractivity (Wildman–Crippen MR) is 104 cm³/mol. The van der Waals surface area contributed by atoms with Crippen LogP contribution >= 0.6 is 0 Å². The Hall–Kier alpha value is -3.60. The van der Waals surface area contributed by atoms with Gasteiger partial charge in [0.1, 0.15) is 11.6 Å². The number of carboxylic acid groups (broad SMARTS) is 1. The molecule has 0 fully saturated rings. The lowest BCUT2D eigenvalue weighted by Gasteiger charge is -2.12. The number of phenolic OH excluding ortho intramolecular Hbond substituents is 1. The Kier molecular flexibility index (Phi) is 4.12. The second kappa shape index (κ2) is 6.61. The molecule has 0 amide bonds. The Morgan fingerprint density at radius 1 is 1.04 bits per heavy atom. The summed E-state index contributed by atoms with van der Waals surface area (Å²) in [5.41, 5.74) is 4.85. The van der Waals surface area contributed by atoms with Gasteiger partial charge in [0.15, 0.2) is 0 Å². The summed E-state index contributed by atoms with van der Waals surface area (Å²) in [4.78, 5) is 16.1. The van der Waals surface area contributed by atoms with Crippen LogP contribution in [-0.4, -0.2) is 25.7 Å². The van der Waals surface area contributed by atoms with Crippen molar-refractivity contribution in [2.75, 3.05) is 0 Å². The summed E-state index contributed by atoms with van der Waals surface area (Å²) in [6.07, 6.45) is 0. The highest BCUT2D eigenvalue weighted by Crippen LogP contribution is 2.28. The number of carbonyl (C=O) groups is 1. The maximum Gasteiger partial charge on any atom is 0.335 e. The van der Waals surface area contributed by atoms with E-state index in [1.807, 2.05) is 43.3 Å². The zero-order valence-corrected chi connectivity index (χ0v) is 14.8. The van der Waals surface area contributed by atoms with E-state index < -0.39 is 5.97 Å². The first-order valence-corrected chi connectivity index (χ1v) is 8.60. The van der Waals surface area contributed by atoms with Gasteiger partial charge in [-0.05, 0) is 54.4 Å². The van der Waals surface area contributed by atoms with Crippen molar-refractivity contribution in [3.8, 4) is 17.1 Å². The van der Waals surface area contributed by atoms with Gasteiger partial charge in [-0.25, -0.2) is 9.78 Å². The first-order chi connectivity index (χ1) is 13.0. The summed E-state index contributed by atoms with van der Waals surface area (Å²) in [6.45, 7) is 2.53. The van der Waals surface area contributed by atoms with Crippen molar-refractivity contribution in [1.29, 1.82) is 0 Å². The second-order valence-electron chi connectivity index (χ2n) is 6.51. The van der Waals surface area contributed by atoms with Gasteiger partial charge in [0, 0.05) is 12.1 Å². The fraction of sp³-hybridized carbons (Fsp3) is 0.0909. The molecule has 0 spiro atoms. The molecule has 4 aromatic rings. The molecule has 3 aromatic carbocycles. The van der Waals surface area contributed by atoms with Crippen molar-refractivity contribution >= 4 is 17.0 Å². The molecule has 5 heteroatoms. The normalized spacial score (nSPS) is 11.0. The molecule has 0 aliphatic heterocycles. The molecule has 0 aliphatic carbocycles. The lowest BCUT2D eigenvalue weighted by molar-refractivity contribution is 0.0697. The summed E-state index contributed by atoms with van der Waals surface area (Å²) in [6, 6.07) is 20.0. The minimum absolute atomic E-state index is 0.229. The van der Waals surface area contributed by atoms with Gasteiger partial charge in [0.05, 0.1) is 16.6 Å². The molecule has 0 atom stereocenters. The first-order valence-electron chi connectivity index (χ1n) is 8.60. The number of hydrogen-bond donors (Lipinski definition) is 2. The van der Waals surface area contributed by atoms with E-state index in [-0.39, 0.29) is 11.3 Å². The van der Waals surface area contributed by atoms with E-state index in [1.165, 1.54) is 0 Å². The van der Waals surface area contributed by atoms with Crippen LogP contribution in [0.15, 0.2) is 66.7 Å². The number of hydrogen-bond acceptors (Lipinski definition) is 3. The van der Waals surface area contributed by atoms with Gasteiger partial charge in [-0.1, -0.05) is 30.3 Å². The average molecular weight is 358 g/mol. The van der Waals surface area contributed by atoms with E-state index in [1.54, 1.807) is 30.3 Å². The smallest absolute Gasteiger partial charge is 0.335 e. The number of para-hydroxylation sites is 2. The number of nitrogens with zero attached hydrogens (tertiary/aromatic N) is 2. The molecule has 134 valence electrons. The first kappa shape index (κ1) is 16.8. The van der Waals surface area contributed by atoms with E-state index in [4.69, 9.17) is 4.98 Å². The van der Waals surface area contributed by atoms with E-state index in [9.17, 15) is 15.0 Å². The standard InChI is InChI=1S/C22H18N2O3/c1-14-11-18(25)10-9-17(14)13-24-20-8-3-2-7-19(20)23-21(24)15-5-4-6-16(12-15)22(26)27/h2-12,25H,13H2,1H3,(H,26,27). The number of imidazole rings is 1. The monoisotopic (exact) mass is 358 g/mol. The van der Waals surface area contributed by atoms with Crippen molar-refractivity contribution in [3.63, 3.8) is 0 Å². The maximum atomic E-state index is 11.4. The lowest BCUT2D eigenvalue weighted by Crippen LogP contribution is -2.04. The van der Waals surface area contributed by atoms with Gasteiger partial charge in [-0.15, -0.1) is 0 Å². The van der Waals surface area contributed by atoms with Gasteiger partial charge < -0.3 is 14.8 Å². The maximum absolute atomic E-state index is 11.4. The lowest BCUT2D eigenvalue weighted by atomic mass is 10.1. The minimum Gasteiger partial charge on any atom is -0.508 e. The van der Waals surface area contributed by atoms with Crippen molar-refractivity contribution in [2.24, 2.45) is 0 Å². The number of phenols is 1. The van der Waals surface area contributed by atoms with E-state index in [2.05, 4.69) is 4.57 Å².